The van der Waals surface area contributed by atoms with Gasteiger partial charge in [-0.15, -0.1) is 0 Å². The number of rotatable bonds is 3. The number of aromatic nitrogens is 2. The van der Waals surface area contributed by atoms with Crippen molar-refractivity contribution < 1.29 is 14.7 Å². The first kappa shape index (κ1) is 16.0. The molecule has 26 heavy (non-hydrogen) atoms. The number of hydrogen-bond donors (Lipinski definition) is 2. The minimum absolute atomic E-state index is 0.0736. The number of carboxylic acids is 1. The summed E-state index contributed by atoms with van der Waals surface area (Å²) in [6, 6.07) is 11.4. The number of aromatic amines is 1. The number of benzene rings is 2. The van der Waals surface area contributed by atoms with E-state index >= 15 is 0 Å². The van der Waals surface area contributed by atoms with Crippen LogP contribution in [0.4, 0.5) is 5.69 Å². The van der Waals surface area contributed by atoms with Gasteiger partial charge in [0.15, 0.2) is 0 Å². The molecule has 0 saturated carbocycles. The van der Waals surface area contributed by atoms with Gasteiger partial charge in [0.25, 0.3) is 5.56 Å². The van der Waals surface area contributed by atoms with Gasteiger partial charge >= 0.3 is 5.97 Å². The van der Waals surface area contributed by atoms with Crippen molar-refractivity contribution >= 4 is 28.5 Å². The van der Waals surface area contributed by atoms with Gasteiger partial charge in [-0.05, 0) is 48.9 Å². The summed E-state index contributed by atoms with van der Waals surface area (Å²) in [5, 5.41) is 9.44. The Morgan fingerprint density at radius 3 is 2.54 bits per heavy atom. The smallest absolute Gasteiger partial charge is 0.335 e. The Hall–Kier alpha value is -3.48. The van der Waals surface area contributed by atoms with E-state index in [1.807, 2.05) is 12.1 Å². The predicted octanol–water partition coefficient (Wildman–Crippen LogP) is 2.42. The second kappa shape index (κ2) is 6.11. The number of H-pyrrole nitrogens is 1. The number of nitrogens with zero attached hydrogens (tertiary/aromatic N) is 2. The molecule has 0 unspecified atom stereocenters. The standard InChI is InChI=1S/C19H15N3O4/c23-16-2-1-9-22(16)13-6-3-11(4-7-13)17-20-15-10-12(19(25)26)5-8-14(15)18(24)21-17/h3-8,10H,1-2,9H2,(H,25,26)(H,20,21,24). The summed E-state index contributed by atoms with van der Waals surface area (Å²) >= 11 is 0. The quantitative estimate of drug-likeness (QED) is 0.756. The van der Waals surface area contributed by atoms with Crippen LogP contribution in [-0.4, -0.2) is 33.5 Å². The molecule has 0 aliphatic carbocycles. The minimum atomic E-state index is -1.07. The summed E-state index contributed by atoms with van der Waals surface area (Å²) in [6.07, 6.45) is 1.42. The maximum absolute atomic E-state index is 12.3. The highest BCUT2D eigenvalue weighted by atomic mass is 16.4. The van der Waals surface area contributed by atoms with E-state index in [-0.39, 0.29) is 17.0 Å². The number of nitrogens with one attached hydrogen (secondary N) is 1. The monoisotopic (exact) mass is 349 g/mol. The lowest BCUT2D eigenvalue weighted by atomic mass is 10.1. The van der Waals surface area contributed by atoms with E-state index in [4.69, 9.17) is 5.11 Å². The zero-order chi connectivity index (χ0) is 18.3. The lowest BCUT2D eigenvalue weighted by Crippen LogP contribution is -2.23. The number of carbonyl (C=O) groups is 2. The van der Waals surface area contributed by atoms with Crippen molar-refractivity contribution in [3.63, 3.8) is 0 Å². The molecular weight excluding hydrogens is 334 g/mol. The molecule has 2 N–H and O–H groups in total. The minimum Gasteiger partial charge on any atom is -0.478 e. The zero-order valence-electron chi connectivity index (χ0n) is 13.7. The molecule has 4 rings (SSSR count). The first-order chi connectivity index (χ1) is 12.5. The summed E-state index contributed by atoms with van der Waals surface area (Å²) in [7, 11) is 0. The van der Waals surface area contributed by atoms with Crippen molar-refractivity contribution in [2.75, 3.05) is 11.4 Å². The van der Waals surface area contributed by atoms with Crippen LogP contribution in [-0.2, 0) is 4.79 Å². The normalized spacial score (nSPS) is 14.2. The number of carbonyl (C=O) groups excluding carboxylic acids is 1. The van der Waals surface area contributed by atoms with E-state index in [1.54, 1.807) is 17.0 Å². The van der Waals surface area contributed by atoms with Crippen molar-refractivity contribution in [3.8, 4) is 11.4 Å². The van der Waals surface area contributed by atoms with Gasteiger partial charge < -0.3 is 15.0 Å². The van der Waals surface area contributed by atoms with E-state index in [0.29, 0.717) is 35.3 Å². The van der Waals surface area contributed by atoms with Gasteiger partial charge in [-0.3, -0.25) is 9.59 Å². The Labute approximate surface area is 147 Å². The van der Waals surface area contributed by atoms with E-state index in [1.165, 1.54) is 18.2 Å². The third kappa shape index (κ3) is 2.73. The number of carboxylic acid groups (broad SMARTS) is 1. The van der Waals surface area contributed by atoms with Crippen LogP contribution in [0.3, 0.4) is 0 Å². The molecule has 2 heterocycles. The first-order valence-corrected chi connectivity index (χ1v) is 8.21. The van der Waals surface area contributed by atoms with Crippen LogP contribution in [0.15, 0.2) is 47.3 Å². The summed E-state index contributed by atoms with van der Waals surface area (Å²) in [4.78, 5) is 44.1. The number of aromatic carboxylic acids is 1. The predicted molar refractivity (Wildman–Crippen MR) is 96.3 cm³/mol. The van der Waals surface area contributed by atoms with Crippen LogP contribution in [0.2, 0.25) is 0 Å². The topological polar surface area (TPSA) is 103 Å². The zero-order valence-corrected chi connectivity index (χ0v) is 13.7. The molecule has 7 heteroatoms. The van der Waals surface area contributed by atoms with Gasteiger partial charge in [-0.1, -0.05) is 0 Å². The van der Waals surface area contributed by atoms with Crippen molar-refractivity contribution in [3.05, 3.63) is 58.4 Å². The summed E-state index contributed by atoms with van der Waals surface area (Å²) in [5.74, 6) is -0.615. The van der Waals surface area contributed by atoms with Gasteiger partial charge in [-0.25, -0.2) is 9.78 Å². The average molecular weight is 349 g/mol. The Balaban J connectivity index is 1.75. The molecule has 1 aromatic heterocycles. The van der Waals surface area contributed by atoms with E-state index in [9.17, 15) is 14.4 Å². The van der Waals surface area contributed by atoms with Gasteiger partial charge in [0, 0.05) is 24.2 Å². The number of amides is 1. The Morgan fingerprint density at radius 1 is 1.12 bits per heavy atom. The molecule has 1 saturated heterocycles. The molecule has 1 aliphatic rings. The van der Waals surface area contributed by atoms with Crippen LogP contribution < -0.4 is 10.5 Å². The van der Waals surface area contributed by atoms with Gasteiger partial charge in [0.05, 0.1) is 16.5 Å². The molecule has 1 aliphatic heterocycles. The molecule has 7 nitrogen and oxygen atoms in total. The van der Waals surface area contributed by atoms with Crippen molar-refractivity contribution in [1.82, 2.24) is 9.97 Å². The van der Waals surface area contributed by atoms with E-state index in [0.717, 1.165) is 12.1 Å². The lowest BCUT2D eigenvalue weighted by Gasteiger charge is -2.15. The third-order valence-corrected chi connectivity index (χ3v) is 4.48. The number of fused-ring (bicyclic) bond motifs is 1. The first-order valence-electron chi connectivity index (χ1n) is 8.21. The maximum Gasteiger partial charge on any atom is 0.335 e. The van der Waals surface area contributed by atoms with Gasteiger partial charge in [0.2, 0.25) is 5.91 Å². The SMILES string of the molecule is O=C(O)c1ccc2c(=O)[nH]c(-c3ccc(N4CCCC4=O)cc3)nc2c1. The van der Waals surface area contributed by atoms with E-state index < -0.39 is 5.97 Å². The fourth-order valence-corrected chi connectivity index (χ4v) is 3.13. The fraction of sp³-hybridized carbons (Fsp3) is 0.158. The van der Waals surface area contributed by atoms with Crippen LogP contribution in [0.25, 0.3) is 22.3 Å². The Morgan fingerprint density at radius 2 is 1.88 bits per heavy atom. The molecule has 3 aromatic rings. The molecule has 0 atom stereocenters. The average Bonchev–Trinajstić information content (AvgIpc) is 3.07. The third-order valence-electron chi connectivity index (χ3n) is 4.48. The second-order valence-corrected chi connectivity index (χ2v) is 6.15. The van der Waals surface area contributed by atoms with Crippen molar-refractivity contribution in [2.45, 2.75) is 12.8 Å². The molecule has 2 aromatic carbocycles. The highest BCUT2D eigenvalue weighted by Crippen LogP contribution is 2.24. The molecule has 0 radical (unpaired) electrons. The van der Waals surface area contributed by atoms with Crippen LogP contribution in [0.1, 0.15) is 23.2 Å². The summed E-state index contributed by atoms with van der Waals surface area (Å²) in [6.45, 7) is 0.710. The van der Waals surface area contributed by atoms with Gasteiger partial charge in [-0.2, -0.15) is 0 Å². The highest BCUT2D eigenvalue weighted by Gasteiger charge is 2.21. The maximum atomic E-state index is 12.3. The molecular formula is C19H15N3O4. The number of anilines is 1. The van der Waals surface area contributed by atoms with Crippen molar-refractivity contribution in [1.29, 1.82) is 0 Å². The Bertz CT molecular complexity index is 1090. The van der Waals surface area contributed by atoms with Crippen LogP contribution in [0, 0.1) is 0 Å². The molecule has 130 valence electrons. The largest absolute Gasteiger partial charge is 0.478 e. The molecule has 1 amide bonds. The lowest BCUT2D eigenvalue weighted by molar-refractivity contribution is -0.117. The Kier molecular flexibility index (Phi) is 3.76. The molecule has 0 spiro atoms. The fourth-order valence-electron chi connectivity index (χ4n) is 3.13. The summed E-state index contributed by atoms with van der Waals surface area (Å²) in [5.41, 5.74) is 1.56. The highest BCUT2D eigenvalue weighted by molar-refractivity contribution is 5.95. The van der Waals surface area contributed by atoms with Crippen LogP contribution >= 0.6 is 0 Å². The van der Waals surface area contributed by atoms with E-state index in [2.05, 4.69) is 9.97 Å². The van der Waals surface area contributed by atoms with Crippen molar-refractivity contribution in [2.24, 2.45) is 0 Å². The van der Waals surface area contributed by atoms with Crippen LogP contribution in [0.5, 0.6) is 0 Å². The summed E-state index contributed by atoms with van der Waals surface area (Å²) < 4.78 is 0. The second-order valence-electron chi connectivity index (χ2n) is 6.15. The number of hydrogen-bond acceptors (Lipinski definition) is 4. The molecule has 1 fully saturated rings. The molecule has 0 bridgehead atoms. The van der Waals surface area contributed by atoms with Gasteiger partial charge in [0.1, 0.15) is 5.82 Å².